The summed E-state index contributed by atoms with van der Waals surface area (Å²) in [5, 5.41) is 22.4. The minimum absolute atomic E-state index is 0.0107. The van der Waals surface area contributed by atoms with Crippen molar-refractivity contribution in [1.82, 2.24) is 15.2 Å². The van der Waals surface area contributed by atoms with Crippen LogP contribution in [0.5, 0.6) is 0 Å². The number of benzene rings is 1. The molecule has 0 bridgehead atoms. The molecular weight excluding hydrogens is 360 g/mol. The molecule has 0 radical (unpaired) electrons. The highest BCUT2D eigenvalue weighted by Gasteiger charge is 2.10. The second kappa shape index (κ2) is 7.86. The number of carbonyl (C=O) groups is 2. The number of hydrogen-bond donors (Lipinski definition) is 1. The van der Waals surface area contributed by atoms with Crippen LogP contribution in [0.2, 0.25) is 0 Å². The van der Waals surface area contributed by atoms with Gasteiger partial charge < -0.3 is 15.2 Å². The van der Waals surface area contributed by atoms with Gasteiger partial charge in [-0.3, -0.25) is 9.78 Å². The molecule has 0 saturated carbocycles. The van der Waals surface area contributed by atoms with E-state index in [0.29, 0.717) is 10.0 Å². The van der Waals surface area contributed by atoms with Crippen LogP contribution >= 0.6 is 23.1 Å². The van der Waals surface area contributed by atoms with Gasteiger partial charge in [0.1, 0.15) is 5.01 Å². The van der Waals surface area contributed by atoms with Crippen LogP contribution in [0.25, 0.3) is 10.6 Å². The van der Waals surface area contributed by atoms with E-state index in [2.05, 4.69) is 20.5 Å². The van der Waals surface area contributed by atoms with Gasteiger partial charge in [0, 0.05) is 23.6 Å². The Kier molecular flexibility index (Phi) is 5.36. The Morgan fingerprint density at radius 3 is 2.72 bits per heavy atom. The first-order chi connectivity index (χ1) is 12.1. The summed E-state index contributed by atoms with van der Waals surface area (Å²) in [7, 11) is 0. The molecule has 3 aromatic rings. The number of rotatable bonds is 6. The zero-order valence-corrected chi connectivity index (χ0v) is 14.3. The molecule has 126 valence electrons. The van der Waals surface area contributed by atoms with E-state index in [1.54, 1.807) is 24.5 Å². The number of carbonyl (C=O) groups excluding carboxylic acids is 2. The van der Waals surface area contributed by atoms with Crippen molar-refractivity contribution in [2.45, 2.75) is 4.34 Å². The number of anilines is 1. The summed E-state index contributed by atoms with van der Waals surface area (Å²) in [6.07, 6.45) is 3.36. The average Bonchev–Trinajstić information content (AvgIpc) is 3.10. The summed E-state index contributed by atoms with van der Waals surface area (Å²) in [6.45, 7) is 0. The Morgan fingerprint density at radius 2 is 1.96 bits per heavy atom. The van der Waals surface area contributed by atoms with Crippen LogP contribution in [0.3, 0.4) is 0 Å². The van der Waals surface area contributed by atoms with Crippen molar-refractivity contribution in [2.75, 3.05) is 11.1 Å². The van der Waals surface area contributed by atoms with Crippen LogP contribution < -0.4 is 10.4 Å². The number of nitrogens with one attached hydrogen (secondary N) is 1. The van der Waals surface area contributed by atoms with Crippen LogP contribution in [-0.2, 0) is 4.79 Å². The normalized spacial score (nSPS) is 10.4. The van der Waals surface area contributed by atoms with E-state index in [1.165, 1.54) is 35.2 Å². The van der Waals surface area contributed by atoms with Crippen LogP contribution in [-0.4, -0.2) is 32.8 Å². The number of carboxylic acids is 1. The molecule has 3 rings (SSSR count). The smallest absolute Gasteiger partial charge is 0.234 e. The first-order valence-electron chi connectivity index (χ1n) is 7.10. The van der Waals surface area contributed by atoms with Crippen molar-refractivity contribution < 1.29 is 14.7 Å². The third-order valence-corrected chi connectivity index (χ3v) is 5.15. The summed E-state index contributed by atoms with van der Waals surface area (Å²) in [5.74, 6) is -1.41. The molecule has 0 atom stereocenters. The molecule has 0 fully saturated rings. The lowest BCUT2D eigenvalue weighted by Gasteiger charge is -2.07. The Morgan fingerprint density at radius 1 is 1.16 bits per heavy atom. The third-order valence-electron chi connectivity index (χ3n) is 3.04. The summed E-state index contributed by atoms with van der Waals surface area (Å²) in [5.41, 5.74) is 1.33. The molecule has 0 unspecified atom stereocenters. The molecule has 2 aromatic heterocycles. The number of pyridine rings is 1. The number of amides is 1. The number of nitrogens with zero attached hydrogens (tertiary/aromatic N) is 3. The van der Waals surface area contributed by atoms with Crippen LogP contribution in [0, 0.1) is 0 Å². The van der Waals surface area contributed by atoms with Crippen molar-refractivity contribution in [2.24, 2.45) is 0 Å². The predicted molar refractivity (Wildman–Crippen MR) is 93.3 cm³/mol. The Hall–Kier alpha value is -2.78. The highest BCUT2D eigenvalue weighted by Crippen LogP contribution is 2.28. The molecule has 2 heterocycles. The molecule has 0 aliphatic carbocycles. The van der Waals surface area contributed by atoms with E-state index in [0.717, 1.165) is 10.6 Å². The van der Waals surface area contributed by atoms with Gasteiger partial charge in [-0.15, -0.1) is 10.2 Å². The third kappa shape index (κ3) is 4.61. The van der Waals surface area contributed by atoms with E-state index in [1.807, 2.05) is 12.1 Å². The highest BCUT2D eigenvalue weighted by molar-refractivity contribution is 8.01. The molecule has 9 heteroatoms. The standard InChI is InChI=1S/C16H12N4O3S2/c21-13(18-12-3-1-2-11(8-12)15(22)23)9-24-16-20-19-14(25-16)10-4-6-17-7-5-10/h1-8H,9H2,(H,18,21)(H,22,23)/p-1. The summed E-state index contributed by atoms with van der Waals surface area (Å²) in [4.78, 5) is 26.8. The summed E-state index contributed by atoms with van der Waals surface area (Å²) >= 11 is 2.65. The zero-order valence-electron chi connectivity index (χ0n) is 12.7. The van der Waals surface area contributed by atoms with Gasteiger partial charge in [-0.05, 0) is 29.8 Å². The molecule has 0 spiro atoms. The SMILES string of the molecule is O=C(CSc1nnc(-c2ccncc2)s1)Nc1cccc(C(=O)[O-])c1. The van der Waals surface area contributed by atoms with Crippen molar-refractivity contribution in [3.8, 4) is 10.6 Å². The minimum atomic E-state index is -1.29. The van der Waals surface area contributed by atoms with Crippen LogP contribution in [0.4, 0.5) is 5.69 Å². The molecule has 0 aliphatic heterocycles. The fourth-order valence-corrected chi connectivity index (χ4v) is 3.58. The fourth-order valence-electron chi connectivity index (χ4n) is 1.93. The van der Waals surface area contributed by atoms with Crippen LogP contribution in [0.15, 0.2) is 53.1 Å². The number of aromatic carboxylic acids is 1. The second-order valence-electron chi connectivity index (χ2n) is 4.81. The predicted octanol–water partition coefficient (Wildman–Crippen LogP) is 1.69. The fraction of sp³-hybridized carbons (Fsp3) is 0.0625. The van der Waals surface area contributed by atoms with E-state index >= 15 is 0 Å². The van der Waals surface area contributed by atoms with Crippen molar-refractivity contribution in [3.63, 3.8) is 0 Å². The van der Waals surface area contributed by atoms with Gasteiger partial charge in [0.25, 0.3) is 0 Å². The van der Waals surface area contributed by atoms with Crippen molar-refractivity contribution in [3.05, 3.63) is 54.4 Å². The molecule has 25 heavy (non-hydrogen) atoms. The topological polar surface area (TPSA) is 108 Å². The minimum Gasteiger partial charge on any atom is -0.545 e. The first kappa shape index (κ1) is 17.1. The van der Waals surface area contributed by atoms with E-state index in [-0.39, 0.29) is 17.2 Å². The van der Waals surface area contributed by atoms with Gasteiger partial charge in [-0.25, -0.2) is 0 Å². The molecule has 1 N–H and O–H groups in total. The number of thioether (sulfide) groups is 1. The highest BCUT2D eigenvalue weighted by atomic mass is 32.2. The maximum absolute atomic E-state index is 12.0. The largest absolute Gasteiger partial charge is 0.545 e. The second-order valence-corrected chi connectivity index (χ2v) is 7.01. The Balaban J connectivity index is 1.57. The van der Waals surface area contributed by atoms with Gasteiger partial charge in [0.15, 0.2) is 4.34 Å². The summed E-state index contributed by atoms with van der Waals surface area (Å²) < 4.78 is 0.672. The monoisotopic (exact) mass is 371 g/mol. The Labute approximate surface area is 151 Å². The molecular formula is C16H11N4O3S2-. The lowest BCUT2D eigenvalue weighted by Crippen LogP contribution is -2.22. The number of aromatic nitrogens is 3. The lowest BCUT2D eigenvalue weighted by molar-refractivity contribution is -0.255. The molecule has 1 amide bonds. The van der Waals surface area contributed by atoms with Gasteiger partial charge in [0.05, 0.1) is 11.7 Å². The average molecular weight is 371 g/mol. The van der Waals surface area contributed by atoms with Gasteiger partial charge in [-0.1, -0.05) is 35.2 Å². The quantitative estimate of drug-likeness (QED) is 0.657. The number of hydrogen-bond acceptors (Lipinski definition) is 8. The van der Waals surface area contributed by atoms with Gasteiger partial charge in [0.2, 0.25) is 5.91 Å². The molecule has 0 aliphatic rings. The number of carboxylic acid groups (broad SMARTS) is 1. The van der Waals surface area contributed by atoms with Gasteiger partial charge in [-0.2, -0.15) is 0 Å². The molecule has 0 saturated heterocycles. The van der Waals surface area contributed by atoms with E-state index < -0.39 is 5.97 Å². The van der Waals surface area contributed by atoms with Crippen molar-refractivity contribution in [1.29, 1.82) is 0 Å². The van der Waals surface area contributed by atoms with Crippen molar-refractivity contribution >= 4 is 40.7 Å². The maximum Gasteiger partial charge on any atom is 0.234 e. The molecule has 7 nitrogen and oxygen atoms in total. The lowest BCUT2D eigenvalue weighted by atomic mass is 10.2. The first-order valence-corrected chi connectivity index (χ1v) is 8.90. The van der Waals surface area contributed by atoms with E-state index in [4.69, 9.17) is 0 Å². The van der Waals surface area contributed by atoms with E-state index in [9.17, 15) is 14.7 Å². The summed E-state index contributed by atoms with van der Waals surface area (Å²) in [6, 6.07) is 9.59. The maximum atomic E-state index is 12.0. The molecule has 1 aromatic carbocycles. The zero-order chi connectivity index (χ0) is 17.6. The van der Waals surface area contributed by atoms with Crippen LogP contribution in [0.1, 0.15) is 10.4 Å². The Bertz CT molecular complexity index is 899. The van der Waals surface area contributed by atoms with Gasteiger partial charge >= 0.3 is 0 Å².